The van der Waals surface area contributed by atoms with Crippen LogP contribution >= 0.6 is 11.3 Å². The van der Waals surface area contributed by atoms with Gasteiger partial charge in [-0.2, -0.15) is 0 Å². The Morgan fingerprint density at radius 2 is 2.33 bits per heavy atom. The minimum absolute atomic E-state index is 0.138. The molecule has 1 atom stereocenters. The van der Waals surface area contributed by atoms with Crippen molar-refractivity contribution in [3.8, 4) is 0 Å². The first-order valence-corrected chi connectivity index (χ1v) is 7.85. The van der Waals surface area contributed by atoms with Crippen molar-refractivity contribution in [3.05, 3.63) is 27.3 Å². The van der Waals surface area contributed by atoms with Gasteiger partial charge in [0.25, 0.3) is 5.69 Å². The molecule has 0 spiro atoms. The SMILES string of the molecule is Cc1nc2cc(NC3CCCN(C)C3)c([N+](=O)[O-])cc2s1. The monoisotopic (exact) mass is 306 g/mol. The van der Waals surface area contributed by atoms with E-state index in [1.807, 2.05) is 13.0 Å². The largest absolute Gasteiger partial charge is 0.375 e. The van der Waals surface area contributed by atoms with Crippen LogP contribution in [0.2, 0.25) is 0 Å². The number of hydrogen-bond donors (Lipinski definition) is 1. The predicted molar refractivity (Wildman–Crippen MR) is 85.2 cm³/mol. The van der Waals surface area contributed by atoms with E-state index in [0.29, 0.717) is 5.69 Å². The molecule has 21 heavy (non-hydrogen) atoms. The fraction of sp³-hybridized carbons (Fsp3) is 0.500. The Bertz CT molecular complexity index is 685. The van der Waals surface area contributed by atoms with Gasteiger partial charge in [-0.1, -0.05) is 0 Å². The third-order valence-corrected chi connectivity index (χ3v) is 4.73. The normalized spacial score (nSPS) is 19.8. The van der Waals surface area contributed by atoms with Crippen molar-refractivity contribution in [2.75, 3.05) is 25.5 Å². The molecule has 6 nitrogen and oxygen atoms in total. The van der Waals surface area contributed by atoms with Crippen LogP contribution in [0.1, 0.15) is 17.8 Å². The first kappa shape index (κ1) is 14.2. The number of aryl methyl sites for hydroxylation is 1. The van der Waals surface area contributed by atoms with E-state index in [1.54, 1.807) is 6.07 Å². The van der Waals surface area contributed by atoms with Crippen LogP contribution in [0.4, 0.5) is 11.4 Å². The highest BCUT2D eigenvalue weighted by Crippen LogP contribution is 2.33. The zero-order valence-corrected chi connectivity index (χ0v) is 12.9. The van der Waals surface area contributed by atoms with E-state index in [0.717, 1.165) is 41.2 Å². The fourth-order valence-electron chi connectivity index (χ4n) is 2.85. The number of anilines is 1. The molecule has 1 N–H and O–H groups in total. The summed E-state index contributed by atoms with van der Waals surface area (Å²) in [6.45, 7) is 3.91. The van der Waals surface area contributed by atoms with Gasteiger partial charge in [-0.25, -0.2) is 4.98 Å². The minimum Gasteiger partial charge on any atom is -0.375 e. The van der Waals surface area contributed by atoms with E-state index in [2.05, 4.69) is 22.2 Å². The highest BCUT2D eigenvalue weighted by Gasteiger charge is 2.22. The highest BCUT2D eigenvalue weighted by atomic mass is 32.1. The van der Waals surface area contributed by atoms with Gasteiger partial charge in [0.15, 0.2) is 0 Å². The molecule has 7 heteroatoms. The number of nitro groups is 1. The maximum atomic E-state index is 11.3. The summed E-state index contributed by atoms with van der Waals surface area (Å²) >= 11 is 1.49. The molecule has 1 aliphatic rings. The molecule has 2 aromatic rings. The standard InChI is InChI=1S/C14H18N4O2S/c1-9-15-12-6-11(13(18(19)20)7-14(12)21-9)16-10-4-3-5-17(2)8-10/h6-7,10,16H,3-5,8H2,1-2H3. The molecular formula is C14H18N4O2S. The first-order valence-electron chi connectivity index (χ1n) is 7.03. The zero-order valence-electron chi connectivity index (χ0n) is 12.1. The van der Waals surface area contributed by atoms with Crippen LogP contribution < -0.4 is 5.32 Å². The number of nitro benzene ring substituents is 1. The molecular weight excluding hydrogens is 288 g/mol. The van der Waals surface area contributed by atoms with Crippen molar-refractivity contribution in [2.45, 2.75) is 25.8 Å². The molecule has 3 rings (SSSR count). The molecule has 0 amide bonds. The Morgan fingerprint density at radius 1 is 1.52 bits per heavy atom. The maximum Gasteiger partial charge on any atom is 0.293 e. The van der Waals surface area contributed by atoms with Gasteiger partial charge in [0, 0.05) is 18.7 Å². The van der Waals surface area contributed by atoms with Crippen molar-refractivity contribution in [1.29, 1.82) is 0 Å². The Kier molecular flexibility index (Phi) is 3.77. The molecule has 0 radical (unpaired) electrons. The second-order valence-electron chi connectivity index (χ2n) is 5.57. The Balaban J connectivity index is 1.95. The molecule has 1 saturated heterocycles. The van der Waals surface area contributed by atoms with Gasteiger partial charge in [0.2, 0.25) is 0 Å². The van der Waals surface area contributed by atoms with Crippen LogP contribution in [0.25, 0.3) is 10.2 Å². The molecule has 0 saturated carbocycles. The van der Waals surface area contributed by atoms with Crippen molar-refractivity contribution in [2.24, 2.45) is 0 Å². The lowest BCUT2D eigenvalue weighted by Gasteiger charge is -2.30. The van der Waals surface area contributed by atoms with E-state index in [-0.39, 0.29) is 16.7 Å². The van der Waals surface area contributed by atoms with E-state index in [4.69, 9.17) is 0 Å². The number of fused-ring (bicyclic) bond motifs is 1. The maximum absolute atomic E-state index is 11.3. The minimum atomic E-state index is -0.316. The quantitative estimate of drug-likeness (QED) is 0.697. The molecule has 2 heterocycles. The smallest absolute Gasteiger partial charge is 0.293 e. The number of benzene rings is 1. The van der Waals surface area contributed by atoms with Crippen LogP contribution in [0.15, 0.2) is 12.1 Å². The first-order chi connectivity index (χ1) is 10.0. The van der Waals surface area contributed by atoms with Crippen molar-refractivity contribution in [1.82, 2.24) is 9.88 Å². The summed E-state index contributed by atoms with van der Waals surface area (Å²) in [5.74, 6) is 0. The van der Waals surface area contributed by atoms with Gasteiger partial charge in [-0.3, -0.25) is 10.1 Å². The lowest BCUT2D eigenvalue weighted by atomic mass is 10.1. The molecule has 112 valence electrons. The summed E-state index contributed by atoms with van der Waals surface area (Å²) < 4.78 is 0.866. The van der Waals surface area contributed by atoms with Gasteiger partial charge in [0.1, 0.15) is 5.69 Å². The summed E-state index contributed by atoms with van der Waals surface area (Å²) in [4.78, 5) is 17.7. The van der Waals surface area contributed by atoms with Gasteiger partial charge in [-0.15, -0.1) is 11.3 Å². The second kappa shape index (κ2) is 5.57. The van der Waals surface area contributed by atoms with Gasteiger partial charge in [-0.05, 0) is 39.4 Å². The molecule has 1 unspecified atom stereocenters. The van der Waals surface area contributed by atoms with Crippen LogP contribution in [0.3, 0.4) is 0 Å². The Labute approximate surface area is 126 Å². The molecule has 0 bridgehead atoms. The third kappa shape index (κ3) is 2.98. The van der Waals surface area contributed by atoms with Crippen LogP contribution in [0.5, 0.6) is 0 Å². The lowest BCUT2D eigenvalue weighted by Crippen LogP contribution is -2.39. The number of likely N-dealkylation sites (tertiary alicyclic amines) is 1. The highest BCUT2D eigenvalue weighted by molar-refractivity contribution is 7.18. The molecule has 1 fully saturated rings. The number of nitrogens with one attached hydrogen (secondary N) is 1. The summed E-state index contributed by atoms with van der Waals surface area (Å²) in [7, 11) is 2.08. The van der Waals surface area contributed by atoms with E-state index >= 15 is 0 Å². The van der Waals surface area contributed by atoms with E-state index in [9.17, 15) is 10.1 Å². The van der Waals surface area contributed by atoms with Gasteiger partial charge >= 0.3 is 0 Å². The molecule has 1 aromatic carbocycles. The van der Waals surface area contributed by atoms with Crippen LogP contribution in [-0.4, -0.2) is 41.0 Å². The number of rotatable bonds is 3. The Morgan fingerprint density at radius 3 is 3.05 bits per heavy atom. The van der Waals surface area contributed by atoms with E-state index < -0.39 is 0 Å². The summed E-state index contributed by atoms with van der Waals surface area (Å²) in [6.07, 6.45) is 2.15. The lowest BCUT2D eigenvalue weighted by molar-refractivity contribution is -0.383. The Hall–Kier alpha value is -1.73. The number of piperidine rings is 1. The van der Waals surface area contributed by atoms with Crippen LogP contribution in [-0.2, 0) is 0 Å². The van der Waals surface area contributed by atoms with Gasteiger partial charge in [0.05, 0.1) is 20.1 Å². The van der Waals surface area contributed by atoms with Gasteiger partial charge < -0.3 is 10.2 Å². The number of thiazole rings is 1. The van der Waals surface area contributed by atoms with Crippen molar-refractivity contribution < 1.29 is 4.92 Å². The average Bonchev–Trinajstić information content (AvgIpc) is 2.76. The second-order valence-corrected chi connectivity index (χ2v) is 6.81. The van der Waals surface area contributed by atoms with Crippen LogP contribution in [0, 0.1) is 17.0 Å². The molecule has 0 aliphatic carbocycles. The van der Waals surface area contributed by atoms with E-state index in [1.165, 1.54) is 11.3 Å². The predicted octanol–water partition coefficient (Wildman–Crippen LogP) is 3.02. The number of aromatic nitrogens is 1. The summed E-state index contributed by atoms with van der Waals surface area (Å²) in [6, 6.07) is 3.69. The molecule has 1 aliphatic heterocycles. The fourth-order valence-corrected chi connectivity index (χ4v) is 3.69. The summed E-state index contributed by atoms with van der Waals surface area (Å²) in [5, 5.41) is 15.6. The number of nitrogens with zero attached hydrogens (tertiary/aromatic N) is 3. The molecule has 1 aromatic heterocycles. The van der Waals surface area contributed by atoms with Crippen molar-refractivity contribution in [3.63, 3.8) is 0 Å². The average molecular weight is 306 g/mol. The number of hydrogen-bond acceptors (Lipinski definition) is 6. The van der Waals surface area contributed by atoms with Crippen molar-refractivity contribution >= 4 is 32.9 Å². The summed E-state index contributed by atoms with van der Waals surface area (Å²) in [5.41, 5.74) is 1.55. The number of likely N-dealkylation sites (N-methyl/N-ethyl adjacent to an activating group) is 1. The zero-order chi connectivity index (χ0) is 15.0. The third-order valence-electron chi connectivity index (χ3n) is 3.79. The topological polar surface area (TPSA) is 71.3 Å².